The zero-order valence-electron chi connectivity index (χ0n) is 14.5. The monoisotopic (exact) mass is 484 g/mol. The molecule has 0 bridgehead atoms. The van der Waals surface area contributed by atoms with Crippen molar-refractivity contribution in [3.8, 4) is 0 Å². The molecule has 0 heterocycles. The Balaban J connectivity index is 6.20. The van der Waals surface area contributed by atoms with Crippen LogP contribution in [-0.2, 0) is 9.53 Å². The van der Waals surface area contributed by atoms with Crippen molar-refractivity contribution in [3.63, 3.8) is 0 Å². The topological polar surface area (TPSA) is 26.3 Å². The molecule has 1 atom stereocenters. The predicted octanol–water partition coefficient (Wildman–Crippen LogP) is 5.95. The first kappa shape index (κ1) is 28.4. The second-order valence-electron chi connectivity index (χ2n) is 5.99. The summed E-state index contributed by atoms with van der Waals surface area (Å²) in [6.07, 6.45) is -7.83. The number of rotatable bonds is 9. The third-order valence-electron chi connectivity index (χ3n) is 3.80. The molecule has 0 saturated heterocycles. The molecule has 0 radical (unpaired) electrons. The van der Waals surface area contributed by atoms with E-state index in [-0.39, 0.29) is 6.42 Å². The van der Waals surface area contributed by atoms with Gasteiger partial charge < -0.3 is 4.74 Å². The fraction of sp³-hybridized carbons (Fsp3) is 0.923. The lowest BCUT2D eigenvalue weighted by Crippen LogP contribution is -2.73. The number of carbonyl (C=O) groups is 1. The van der Waals surface area contributed by atoms with Crippen molar-refractivity contribution in [3.05, 3.63) is 0 Å². The summed E-state index contributed by atoms with van der Waals surface area (Å²) in [7, 11) is 0. The standard InChI is InChI=1S/C13H11F15O2/c1-3-5(2)6(29)30-4-7(14,15)8(16,17)9(18,19)10(20,21)11(22,23)12(24,25)13(26,27)28/h5H,3-4H2,1-2H3. The van der Waals surface area contributed by atoms with E-state index in [0.29, 0.717) is 0 Å². The highest BCUT2D eigenvalue weighted by atomic mass is 19.4. The minimum Gasteiger partial charge on any atom is -0.459 e. The van der Waals surface area contributed by atoms with Gasteiger partial charge in [-0.25, -0.2) is 0 Å². The lowest BCUT2D eigenvalue weighted by atomic mass is 9.91. The average Bonchev–Trinajstić information content (AvgIpc) is 2.56. The first-order valence-corrected chi connectivity index (χ1v) is 7.37. The maximum Gasteiger partial charge on any atom is 0.460 e. The van der Waals surface area contributed by atoms with Gasteiger partial charge in [0.05, 0.1) is 5.92 Å². The van der Waals surface area contributed by atoms with E-state index in [1.807, 2.05) is 0 Å². The number of hydrogen-bond acceptors (Lipinski definition) is 2. The predicted molar refractivity (Wildman–Crippen MR) is 66.2 cm³/mol. The Morgan fingerprint density at radius 2 is 1.00 bits per heavy atom. The van der Waals surface area contributed by atoms with E-state index in [1.54, 1.807) is 0 Å². The summed E-state index contributed by atoms with van der Waals surface area (Å²) in [4.78, 5) is 11.1. The van der Waals surface area contributed by atoms with E-state index in [2.05, 4.69) is 4.74 Å². The van der Waals surface area contributed by atoms with Gasteiger partial charge in [0.2, 0.25) is 0 Å². The van der Waals surface area contributed by atoms with Crippen LogP contribution in [0.1, 0.15) is 20.3 Å². The zero-order chi connectivity index (χ0) is 24.8. The normalized spacial score (nSPS) is 16.4. The quantitative estimate of drug-likeness (QED) is 0.299. The van der Waals surface area contributed by atoms with Gasteiger partial charge in [0.25, 0.3) is 0 Å². The van der Waals surface area contributed by atoms with Gasteiger partial charge in [0.15, 0.2) is 6.61 Å². The lowest BCUT2D eigenvalue weighted by molar-refractivity contribution is -0.453. The Hall–Kier alpha value is -1.58. The number of esters is 1. The molecule has 0 N–H and O–H groups in total. The van der Waals surface area contributed by atoms with Crippen LogP contribution in [0, 0.1) is 5.92 Å². The van der Waals surface area contributed by atoms with Crippen LogP contribution in [0.4, 0.5) is 65.9 Å². The summed E-state index contributed by atoms with van der Waals surface area (Å²) >= 11 is 0. The maximum atomic E-state index is 13.4. The van der Waals surface area contributed by atoms with Gasteiger partial charge in [-0.3, -0.25) is 4.79 Å². The molecule has 0 aliphatic heterocycles. The molecular weight excluding hydrogens is 473 g/mol. The van der Waals surface area contributed by atoms with E-state index in [0.717, 1.165) is 6.92 Å². The van der Waals surface area contributed by atoms with Crippen molar-refractivity contribution in [2.75, 3.05) is 6.61 Å². The molecule has 0 aliphatic carbocycles. The van der Waals surface area contributed by atoms with Crippen molar-refractivity contribution in [1.29, 1.82) is 0 Å². The van der Waals surface area contributed by atoms with Crippen LogP contribution in [0.15, 0.2) is 0 Å². The smallest absolute Gasteiger partial charge is 0.459 e. The van der Waals surface area contributed by atoms with Crippen LogP contribution in [-0.4, -0.2) is 54.3 Å². The molecule has 30 heavy (non-hydrogen) atoms. The molecule has 0 aliphatic rings. The van der Waals surface area contributed by atoms with E-state index < -0.39 is 60.2 Å². The minimum atomic E-state index is -8.35. The van der Waals surface area contributed by atoms with Crippen LogP contribution in [0.5, 0.6) is 0 Å². The number of halogens is 15. The Morgan fingerprint density at radius 1 is 0.667 bits per heavy atom. The fourth-order valence-corrected chi connectivity index (χ4v) is 1.56. The molecule has 1 unspecified atom stereocenters. The van der Waals surface area contributed by atoms with E-state index in [9.17, 15) is 70.7 Å². The van der Waals surface area contributed by atoms with Crippen molar-refractivity contribution < 1.29 is 75.4 Å². The number of hydrogen-bond donors (Lipinski definition) is 0. The van der Waals surface area contributed by atoms with Crippen molar-refractivity contribution in [2.45, 2.75) is 62.0 Å². The summed E-state index contributed by atoms with van der Waals surface area (Å²) in [6.45, 7) is -0.909. The molecular formula is C13H11F15O2. The van der Waals surface area contributed by atoms with E-state index in [4.69, 9.17) is 0 Å². The van der Waals surface area contributed by atoms with Crippen LogP contribution in [0.25, 0.3) is 0 Å². The highest BCUT2D eigenvalue weighted by Gasteiger charge is 2.93. The largest absolute Gasteiger partial charge is 0.460 e. The molecule has 2 nitrogen and oxygen atoms in total. The highest BCUT2D eigenvalue weighted by molar-refractivity contribution is 5.71. The Bertz CT molecular complexity index is 623. The lowest BCUT2D eigenvalue weighted by Gasteiger charge is -2.41. The number of carbonyl (C=O) groups excluding carboxylic acids is 1. The van der Waals surface area contributed by atoms with Crippen molar-refractivity contribution in [1.82, 2.24) is 0 Å². The molecule has 0 rings (SSSR count). The third kappa shape index (κ3) is 4.11. The van der Waals surface area contributed by atoms with Gasteiger partial charge in [-0.2, -0.15) is 65.9 Å². The van der Waals surface area contributed by atoms with E-state index in [1.165, 1.54) is 6.92 Å². The van der Waals surface area contributed by atoms with Gasteiger partial charge in [0.1, 0.15) is 0 Å². The molecule has 0 fully saturated rings. The molecule has 180 valence electrons. The van der Waals surface area contributed by atoms with Gasteiger partial charge in [0, 0.05) is 0 Å². The van der Waals surface area contributed by atoms with Gasteiger partial charge >= 0.3 is 47.7 Å². The average molecular weight is 484 g/mol. The van der Waals surface area contributed by atoms with Gasteiger partial charge in [-0.1, -0.05) is 13.8 Å². The molecule has 0 saturated carbocycles. The Kier molecular flexibility index (Phi) is 7.42. The maximum absolute atomic E-state index is 13.4. The Morgan fingerprint density at radius 3 is 1.33 bits per heavy atom. The second-order valence-corrected chi connectivity index (χ2v) is 5.99. The van der Waals surface area contributed by atoms with Crippen LogP contribution in [0.2, 0.25) is 0 Å². The first-order valence-electron chi connectivity index (χ1n) is 7.37. The molecule has 0 aromatic heterocycles. The SMILES string of the molecule is CCC(C)C(=O)OCC(F)(F)C(F)(F)C(F)(F)C(F)(F)C(F)(F)C(F)(F)C(F)(F)F. The van der Waals surface area contributed by atoms with Crippen LogP contribution >= 0.6 is 0 Å². The summed E-state index contributed by atoms with van der Waals surface area (Å²) in [5, 5.41) is 0. The summed E-state index contributed by atoms with van der Waals surface area (Å²) in [5.41, 5.74) is 0. The fourth-order valence-electron chi connectivity index (χ4n) is 1.56. The van der Waals surface area contributed by atoms with Gasteiger partial charge in [-0.15, -0.1) is 0 Å². The van der Waals surface area contributed by atoms with Gasteiger partial charge in [-0.05, 0) is 6.42 Å². The first-order chi connectivity index (χ1) is 12.9. The second kappa shape index (κ2) is 7.84. The summed E-state index contributed by atoms with van der Waals surface area (Å²) in [5.74, 6) is -50.2. The molecule has 0 amide bonds. The number of ether oxygens (including phenoxy) is 1. The van der Waals surface area contributed by atoms with Crippen molar-refractivity contribution >= 4 is 5.97 Å². The Labute approximate surface area is 157 Å². The van der Waals surface area contributed by atoms with Crippen LogP contribution in [0.3, 0.4) is 0 Å². The minimum absolute atomic E-state index is 0.173. The summed E-state index contributed by atoms with van der Waals surface area (Å²) < 4.78 is 197. The zero-order valence-corrected chi connectivity index (χ0v) is 14.5. The molecule has 0 spiro atoms. The molecule has 17 heteroatoms. The third-order valence-corrected chi connectivity index (χ3v) is 3.80. The summed E-state index contributed by atoms with van der Waals surface area (Å²) in [6, 6.07) is 0. The van der Waals surface area contributed by atoms with Crippen molar-refractivity contribution in [2.24, 2.45) is 5.92 Å². The molecule has 0 aromatic carbocycles. The van der Waals surface area contributed by atoms with Crippen LogP contribution < -0.4 is 0 Å². The van der Waals surface area contributed by atoms with E-state index >= 15 is 0 Å². The highest BCUT2D eigenvalue weighted by Crippen LogP contribution is 2.62. The molecule has 0 aromatic rings. The number of alkyl halides is 15.